The third kappa shape index (κ3) is 3.16. The molecular formula is C10H11F3N2O2. The molecule has 0 radical (unpaired) electrons. The zero-order valence-corrected chi connectivity index (χ0v) is 9.04. The number of methoxy groups -OCH3 is 1. The molecule has 0 saturated heterocycles. The van der Waals surface area contributed by atoms with Crippen molar-refractivity contribution >= 4 is 5.97 Å². The molecule has 17 heavy (non-hydrogen) atoms. The van der Waals surface area contributed by atoms with Gasteiger partial charge in [0.15, 0.2) is 0 Å². The van der Waals surface area contributed by atoms with Crippen LogP contribution in [0.2, 0.25) is 0 Å². The number of carbonyl (C=O) groups is 1. The molecule has 94 valence electrons. The smallest absolute Gasteiger partial charge is 0.311 e. The molecule has 7 heteroatoms. The van der Waals surface area contributed by atoms with Gasteiger partial charge in [0, 0.05) is 18.2 Å². The molecule has 1 aromatic rings. The minimum absolute atomic E-state index is 0.0557. The second kappa shape index (κ2) is 5.62. The SMILES string of the molecule is COC(=O)Cc1nc(C(F)F)cc(F)c1CN. The number of alkyl halides is 2. The highest BCUT2D eigenvalue weighted by molar-refractivity contribution is 5.72. The molecule has 0 amide bonds. The summed E-state index contributed by atoms with van der Waals surface area (Å²) in [4.78, 5) is 14.5. The topological polar surface area (TPSA) is 65.2 Å². The molecule has 1 heterocycles. The van der Waals surface area contributed by atoms with Gasteiger partial charge in [-0.2, -0.15) is 0 Å². The molecule has 0 unspecified atom stereocenters. The van der Waals surface area contributed by atoms with Crippen LogP contribution in [-0.4, -0.2) is 18.1 Å². The van der Waals surface area contributed by atoms with Gasteiger partial charge >= 0.3 is 5.97 Å². The minimum Gasteiger partial charge on any atom is -0.469 e. The molecule has 1 aromatic heterocycles. The van der Waals surface area contributed by atoms with Gasteiger partial charge in [-0.15, -0.1) is 0 Å². The number of aromatic nitrogens is 1. The molecule has 1 rings (SSSR count). The molecule has 0 bridgehead atoms. The van der Waals surface area contributed by atoms with Crippen LogP contribution in [-0.2, 0) is 22.5 Å². The maximum atomic E-state index is 13.4. The lowest BCUT2D eigenvalue weighted by Gasteiger charge is -2.09. The summed E-state index contributed by atoms with van der Waals surface area (Å²) in [7, 11) is 1.14. The van der Waals surface area contributed by atoms with Crippen molar-refractivity contribution < 1.29 is 22.7 Å². The molecule has 0 aliphatic heterocycles. The average molecular weight is 248 g/mol. The van der Waals surface area contributed by atoms with Gasteiger partial charge in [0.25, 0.3) is 6.43 Å². The number of hydrogen-bond donors (Lipinski definition) is 1. The van der Waals surface area contributed by atoms with Gasteiger partial charge in [-0.1, -0.05) is 0 Å². The van der Waals surface area contributed by atoms with E-state index in [-0.39, 0.29) is 24.2 Å². The summed E-state index contributed by atoms with van der Waals surface area (Å²) < 4.78 is 42.6. The molecule has 2 N–H and O–H groups in total. The van der Waals surface area contributed by atoms with Crippen molar-refractivity contribution in [2.45, 2.75) is 19.4 Å². The highest BCUT2D eigenvalue weighted by Gasteiger charge is 2.18. The number of ether oxygens (including phenoxy) is 1. The summed E-state index contributed by atoms with van der Waals surface area (Å²) in [5.74, 6) is -1.59. The van der Waals surface area contributed by atoms with Crippen molar-refractivity contribution in [2.75, 3.05) is 7.11 Å². The van der Waals surface area contributed by atoms with Gasteiger partial charge in [-0.05, 0) is 0 Å². The number of halogens is 3. The number of esters is 1. The normalized spacial score (nSPS) is 10.7. The molecule has 4 nitrogen and oxygen atoms in total. The van der Waals surface area contributed by atoms with Crippen LogP contribution < -0.4 is 5.73 Å². The molecule has 0 saturated carbocycles. The summed E-state index contributed by atoms with van der Waals surface area (Å²) in [5, 5.41) is 0. The molecule has 0 aromatic carbocycles. The van der Waals surface area contributed by atoms with Crippen LogP contribution in [0.4, 0.5) is 13.2 Å². The average Bonchev–Trinajstić information content (AvgIpc) is 2.28. The zero-order valence-electron chi connectivity index (χ0n) is 9.04. The summed E-state index contributed by atoms with van der Waals surface area (Å²) in [6, 6.07) is 0.619. The maximum absolute atomic E-state index is 13.4. The van der Waals surface area contributed by atoms with Gasteiger partial charge in [0.2, 0.25) is 0 Å². The molecule has 0 fully saturated rings. The Kier molecular flexibility index (Phi) is 4.45. The summed E-state index contributed by atoms with van der Waals surface area (Å²) in [6.45, 7) is -0.228. The van der Waals surface area contributed by atoms with Crippen LogP contribution in [0, 0.1) is 5.82 Å². The number of carbonyl (C=O) groups excluding carboxylic acids is 1. The number of hydrogen-bond acceptors (Lipinski definition) is 4. The first-order chi connectivity index (χ1) is 7.99. The fourth-order valence-corrected chi connectivity index (χ4v) is 1.29. The Morgan fingerprint density at radius 3 is 2.71 bits per heavy atom. The van der Waals surface area contributed by atoms with E-state index in [4.69, 9.17) is 5.73 Å². The zero-order chi connectivity index (χ0) is 13.0. The van der Waals surface area contributed by atoms with E-state index in [1.54, 1.807) is 0 Å². The quantitative estimate of drug-likeness (QED) is 0.816. The fourth-order valence-electron chi connectivity index (χ4n) is 1.29. The number of nitrogens with two attached hydrogens (primary N) is 1. The summed E-state index contributed by atoms with van der Waals surface area (Å²) >= 11 is 0. The summed E-state index contributed by atoms with van der Waals surface area (Å²) in [6.07, 6.45) is -3.30. The Morgan fingerprint density at radius 1 is 1.59 bits per heavy atom. The van der Waals surface area contributed by atoms with E-state index in [2.05, 4.69) is 9.72 Å². The van der Waals surface area contributed by atoms with Crippen LogP contribution in [0.15, 0.2) is 6.07 Å². The highest BCUT2D eigenvalue weighted by Crippen LogP contribution is 2.21. The third-order valence-corrected chi connectivity index (χ3v) is 2.14. The van der Waals surface area contributed by atoms with Gasteiger partial charge in [0.1, 0.15) is 11.5 Å². The lowest BCUT2D eigenvalue weighted by atomic mass is 10.1. The first kappa shape index (κ1) is 13.4. The van der Waals surface area contributed by atoms with E-state index in [1.165, 1.54) is 0 Å². The Labute approximate surface area is 95.6 Å². The van der Waals surface area contributed by atoms with E-state index in [1.807, 2.05) is 0 Å². The van der Waals surface area contributed by atoms with Gasteiger partial charge in [-0.25, -0.2) is 13.2 Å². The van der Waals surface area contributed by atoms with Gasteiger partial charge in [0.05, 0.1) is 19.2 Å². The first-order valence-corrected chi connectivity index (χ1v) is 4.72. The number of pyridine rings is 1. The maximum Gasteiger partial charge on any atom is 0.311 e. The van der Waals surface area contributed by atoms with Crippen molar-refractivity contribution in [3.8, 4) is 0 Å². The van der Waals surface area contributed by atoms with E-state index < -0.39 is 23.9 Å². The predicted octanol–water partition coefficient (Wildman–Crippen LogP) is 1.33. The number of nitrogens with zero attached hydrogens (tertiary/aromatic N) is 1. The first-order valence-electron chi connectivity index (χ1n) is 4.72. The molecule has 0 aliphatic carbocycles. The second-order valence-electron chi connectivity index (χ2n) is 3.21. The monoisotopic (exact) mass is 248 g/mol. The molecule has 0 atom stereocenters. The standard InChI is InChI=1S/C10H11F3N2O2/c1-17-9(16)3-7-5(4-14)6(11)2-8(15-7)10(12)13/h2,10H,3-4,14H2,1H3. The lowest BCUT2D eigenvalue weighted by Crippen LogP contribution is -2.14. The van der Waals surface area contributed by atoms with Crippen molar-refractivity contribution in [1.82, 2.24) is 4.98 Å². The Morgan fingerprint density at radius 2 is 2.24 bits per heavy atom. The van der Waals surface area contributed by atoms with Gasteiger partial charge in [-0.3, -0.25) is 9.78 Å². The second-order valence-corrected chi connectivity index (χ2v) is 3.21. The van der Waals surface area contributed by atoms with Crippen molar-refractivity contribution in [1.29, 1.82) is 0 Å². The lowest BCUT2D eigenvalue weighted by molar-refractivity contribution is -0.139. The minimum atomic E-state index is -2.91. The molecular weight excluding hydrogens is 237 g/mol. The largest absolute Gasteiger partial charge is 0.469 e. The highest BCUT2D eigenvalue weighted by atomic mass is 19.3. The van der Waals surface area contributed by atoms with E-state index in [0.717, 1.165) is 7.11 Å². The van der Waals surface area contributed by atoms with Gasteiger partial charge < -0.3 is 10.5 Å². The van der Waals surface area contributed by atoms with E-state index >= 15 is 0 Å². The third-order valence-electron chi connectivity index (χ3n) is 2.14. The van der Waals surface area contributed by atoms with Crippen molar-refractivity contribution in [3.05, 3.63) is 28.8 Å². The van der Waals surface area contributed by atoms with Crippen LogP contribution in [0.5, 0.6) is 0 Å². The Hall–Kier alpha value is -1.63. The predicted molar refractivity (Wildman–Crippen MR) is 52.8 cm³/mol. The Balaban J connectivity index is 3.19. The fraction of sp³-hybridized carbons (Fsp3) is 0.400. The molecule has 0 aliphatic rings. The van der Waals surface area contributed by atoms with Crippen molar-refractivity contribution in [3.63, 3.8) is 0 Å². The summed E-state index contributed by atoms with van der Waals surface area (Å²) in [5.41, 5.74) is 4.38. The van der Waals surface area contributed by atoms with Crippen molar-refractivity contribution in [2.24, 2.45) is 5.73 Å². The van der Waals surface area contributed by atoms with Crippen LogP contribution >= 0.6 is 0 Å². The van der Waals surface area contributed by atoms with Crippen LogP contribution in [0.1, 0.15) is 23.4 Å². The molecule has 0 spiro atoms. The van der Waals surface area contributed by atoms with Crippen LogP contribution in [0.3, 0.4) is 0 Å². The number of rotatable bonds is 4. The Bertz CT molecular complexity index is 424. The van der Waals surface area contributed by atoms with Crippen LogP contribution in [0.25, 0.3) is 0 Å². The van der Waals surface area contributed by atoms with E-state index in [0.29, 0.717) is 6.07 Å². The van der Waals surface area contributed by atoms with E-state index in [9.17, 15) is 18.0 Å².